The van der Waals surface area contributed by atoms with Gasteiger partial charge in [-0.1, -0.05) is 0 Å². The molecule has 0 aromatic heterocycles. The summed E-state index contributed by atoms with van der Waals surface area (Å²) in [4.78, 5) is 0. The van der Waals surface area contributed by atoms with Gasteiger partial charge >= 0.3 is 0 Å². The summed E-state index contributed by atoms with van der Waals surface area (Å²) in [6.45, 7) is 0.750. The van der Waals surface area contributed by atoms with E-state index < -0.39 is 16.5 Å². The number of sulfone groups is 1. The van der Waals surface area contributed by atoms with Gasteiger partial charge in [0.1, 0.15) is 6.67 Å². The molecule has 74 valence electrons. The molecular formula is C6H13ClFNO2S. The van der Waals surface area contributed by atoms with Crippen molar-refractivity contribution >= 4 is 22.2 Å². The highest BCUT2D eigenvalue weighted by atomic mass is 35.5. The second kappa shape index (κ2) is 4.99. The van der Waals surface area contributed by atoms with Crippen LogP contribution in [0.2, 0.25) is 0 Å². The standard InChI is InChI=1S/C6H12FNO2S.ClH/c7-1-2-11(9,10)5-6-3-8-4-6;/h6,8H,1-5H2;1H. The maximum Gasteiger partial charge on any atom is 0.153 e. The van der Waals surface area contributed by atoms with Crippen LogP contribution in [0.3, 0.4) is 0 Å². The van der Waals surface area contributed by atoms with Gasteiger partial charge in [0.25, 0.3) is 0 Å². The summed E-state index contributed by atoms with van der Waals surface area (Å²) >= 11 is 0. The third-order valence-electron chi connectivity index (χ3n) is 1.74. The monoisotopic (exact) mass is 217 g/mol. The summed E-state index contributed by atoms with van der Waals surface area (Å²) in [6, 6.07) is 0. The van der Waals surface area contributed by atoms with E-state index in [2.05, 4.69) is 5.32 Å². The Balaban J connectivity index is 0.00000121. The molecule has 0 aromatic rings. The normalized spacial score (nSPS) is 18.1. The minimum Gasteiger partial charge on any atom is -0.316 e. The van der Waals surface area contributed by atoms with Crippen molar-refractivity contribution in [2.24, 2.45) is 5.92 Å². The lowest BCUT2D eigenvalue weighted by molar-refractivity contribution is 0.378. The number of nitrogens with one attached hydrogen (secondary N) is 1. The van der Waals surface area contributed by atoms with Crippen LogP contribution in [-0.4, -0.2) is 39.7 Å². The molecule has 0 radical (unpaired) electrons. The lowest BCUT2D eigenvalue weighted by Crippen LogP contribution is -2.45. The van der Waals surface area contributed by atoms with E-state index in [1.54, 1.807) is 0 Å². The number of hydrogen-bond donors (Lipinski definition) is 1. The average molecular weight is 218 g/mol. The molecular weight excluding hydrogens is 205 g/mol. The molecule has 0 atom stereocenters. The first kappa shape index (κ1) is 12.1. The molecule has 1 N–H and O–H groups in total. The van der Waals surface area contributed by atoms with E-state index in [1.807, 2.05) is 0 Å². The summed E-state index contributed by atoms with van der Waals surface area (Å²) < 4.78 is 33.6. The van der Waals surface area contributed by atoms with Crippen LogP contribution in [0.5, 0.6) is 0 Å². The third kappa shape index (κ3) is 3.69. The Kier molecular flexibility index (Phi) is 5.04. The van der Waals surface area contributed by atoms with E-state index in [0.717, 1.165) is 13.1 Å². The first-order valence-corrected chi connectivity index (χ1v) is 5.43. The molecule has 0 amide bonds. The fourth-order valence-corrected chi connectivity index (χ4v) is 2.38. The first-order chi connectivity index (χ1) is 5.14. The molecule has 0 aromatic carbocycles. The fraction of sp³-hybridized carbons (Fsp3) is 1.00. The zero-order valence-electron chi connectivity index (χ0n) is 6.62. The number of rotatable bonds is 4. The maximum absolute atomic E-state index is 11.7. The molecule has 0 spiro atoms. The molecule has 1 rings (SSSR count). The Morgan fingerprint density at radius 3 is 2.33 bits per heavy atom. The van der Waals surface area contributed by atoms with E-state index >= 15 is 0 Å². The number of halogens is 2. The van der Waals surface area contributed by atoms with Gasteiger partial charge in [0.15, 0.2) is 9.84 Å². The van der Waals surface area contributed by atoms with Gasteiger partial charge in [-0.2, -0.15) is 0 Å². The van der Waals surface area contributed by atoms with Gasteiger partial charge in [-0.15, -0.1) is 12.4 Å². The predicted molar refractivity (Wildman–Crippen MR) is 48.2 cm³/mol. The van der Waals surface area contributed by atoms with Crippen molar-refractivity contribution in [1.29, 1.82) is 0 Å². The van der Waals surface area contributed by atoms with Crippen molar-refractivity contribution in [3.63, 3.8) is 0 Å². The minimum atomic E-state index is -3.11. The average Bonchev–Trinajstić information content (AvgIpc) is 1.79. The fourth-order valence-electron chi connectivity index (χ4n) is 1.03. The summed E-state index contributed by atoms with van der Waals surface area (Å²) in [5, 5.41) is 2.97. The molecule has 3 nitrogen and oxygen atoms in total. The van der Waals surface area contributed by atoms with Crippen molar-refractivity contribution in [2.75, 3.05) is 31.3 Å². The van der Waals surface area contributed by atoms with Crippen LogP contribution >= 0.6 is 12.4 Å². The molecule has 0 saturated carbocycles. The summed E-state index contributed by atoms with van der Waals surface area (Å²) in [5.74, 6) is 0.0412. The lowest BCUT2D eigenvalue weighted by atomic mass is 10.1. The van der Waals surface area contributed by atoms with Gasteiger partial charge in [0.2, 0.25) is 0 Å². The molecule has 1 fully saturated rings. The highest BCUT2D eigenvalue weighted by molar-refractivity contribution is 7.91. The Morgan fingerprint density at radius 1 is 1.42 bits per heavy atom. The van der Waals surface area contributed by atoms with Crippen molar-refractivity contribution in [3.05, 3.63) is 0 Å². The Bertz CT molecular complexity index is 216. The van der Waals surface area contributed by atoms with E-state index in [4.69, 9.17) is 0 Å². The van der Waals surface area contributed by atoms with Crippen molar-refractivity contribution in [2.45, 2.75) is 0 Å². The lowest BCUT2D eigenvalue weighted by Gasteiger charge is -2.26. The Morgan fingerprint density at radius 2 is 2.00 bits per heavy atom. The van der Waals surface area contributed by atoms with Gasteiger partial charge in [-0.25, -0.2) is 12.8 Å². The van der Waals surface area contributed by atoms with Crippen molar-refractivity contribution in [1.82, 2.24) is 5.32 Å². The molecule has 1 saturated heterocycles. The van der Waals surface area contributed by atoms with Crippen molar-refractivity contribution in [3.8, 4) is 0 Å². The second-order valence-corrected chi connectivity index (χ2v) is 5.06. The molecule has 0 bridgehead atoms. The van der Waals surface area contributed by atoms with Gasteiger partial charge in [-0.3, -0.25) is 0 Å². The Labute approximate surface area is 78.1 Å². The first-order valence-electron chi connectivity index (χ1n) is 3.61. The summed E-state index contributed by atoms with van der Waals surface area (Å²) in [7, 11) is -3.11. The van der Waals surface area contributed by atoms with Crippen LogP contribution in [0.4, 0.5) is 4.39 Å². The predicted octanol–water partition coefficient (Wildman–Crippen LogP) is 0.0119. The smallest absolute Gasteiger partial charge is 0.153 e. The largest absolute Gasteiger partial charge is 0.316 e. The van der Waals surface area contributed by atoms with Gasteiger partial charge in [-0.05, 0) is 5.92 Å². The zero-order valence-corrected chi connectivity index (χ0v) is 8.26. The maximum atomic E-state index is 11.7. The zero-order chi connectivity index (χ0) is 8.32. The molecule has 6 heteroatoms. The molecule has 0 unspecified atom stereocenters. The van der Waals surface area contributed by atoms with E-state index in [-0.39, 0.29) is 29.8 Å². The van der Waals surface area contributed by atoms with E-state index in [1.165, 1.54) is 0 Å². The SMILES string of the molecule is Cl.O=S(=O)(CCF)CC1CNC1. The topological polar surface area (TPSA) is 46.2 Å². The van der Waals surface area contributed by atoms with Crippen molar-refractivity contribution < 1.29 is 12.8 Å². The number of alkyl halides is 1. The van der Waals surface area contributed by atoms with Gasteiger partial charge in [0, 0.05) is 13.1 Å². The highest BCUT2D eigenvalue weighted by Crippen LogP contribution is 2.07. The molecule has 1 heterocycles. The van der Waals surface area contributed by atoms with Gasteiger partial charge in [0.05, 0.1) is 11.5 Å². The van der Waals surface area contributed by atoms with Crippen LogP contribution in [-0.2, 0) is 9.84 Å². The molecule has 1 aliphatic rings. The molecule has 12 heavy (non-hydrogen) atoms. The Hall–Kier alpha value is 0.130. The third-order valence-corrected chi connectivity index (χ3v) is 3.50. The van der Waals surface area contributed by atoms with E-state index in [9.17, 15) is 12.8 Å². The highest BCUT2D eigenvalue weighted by Gasteiger charge is 2.23. The van der Waals surface area contributed by atoms with Crippen LogP contribution in [0.25, 0.3) is 0 Å². The van der Waals surface area contributed by atoms with E-state index in [0.29, 0.717) is 0 Å². The van der Waals surface area contributed by atoms with Crippen LogP contribution in [0.1, 0.15) is 0 Å². The quantitative estimate of drug-likeness (QED) is 0.722. The molecule has 0 aliphatic carbocycles. The second-order valence-electron chi connectivity index (χ2n) is 2.83. The van der Waals surface area contributed by atoms with Crippen LogP contribution in [0.15, 0.2) is 0 Å². The summed E-state index contributed by atoms with van der Waals surface area (Å²) in [6.07, 6.45) is 0. The van der Waals surface area contributed by atoms with Gasteiger partial charge < -0.3 is 5.32 Å². The molecule has 1 aliphatic heterocycles. The van der Waals surface area contributed by atoms with Crippen LogP contribution < -0.4 is 5.32 Å². The summed E-state index contributed by atoms with van der Waals surface area (Å²) in [5.41, 5.74) is 0. The number of hydrogen-bond acceptors (Lipinski definition) is 3. The minimum absolute atomic E-state index is 0. The van der Waals surface area contributed by atoms with Crippen LogP contribution in [0, 0.1) is 5.92 Å².